The molecule has 0 saturated heterocycles. The molecule has 0 bridgehead atoms. The highest BCUT2D eigenvalue weighted by Gasteiger charge is 2.12. The highest BCUT2D eigenvalue weighted by atomic mass is 32.2. The van der Waals surface area contributed by atoms with Crippen molar-refractivity contribution >= 4 is 16.0 Å². The third kappa shape index (κ3) is 6.26. The summed E-state index contributed by atoms with van der Waals surface area (Å²) in [5.41, 5.74) is 2.14. The van der Waals surface area contributed by atoms with Gasteiger partial charge in [-0.05, 0) is 30.7 Å². The van der Waals surface area contributed by atoms with E-state index < -0.39 is 10.0 Å². The number of aliphatic imine (C=N–C) groups is 1. The number of benzene rings is 2. The second kappa shape index (κ2) is 9.94. The number of hydrogen-bond acceptors (Lipinski definition) is 4. The van der Waals surface area contributed by atoms with Crippen molar-refractivity contribution in [2.24, 2.45) is 4.99 Å². The molecule has 0 saturated carbocycles. The van der Waals surface area contributed by atoms with Crippen molar-refractivity contribution in [1.29, 1.82) is 0 Å². The van der Waals surface area contributed by atoms with E-state index in [1.807, 2.05) is 25.1 Å². The molecule has 0 radical (unpaired) electrons. The minimum atomic E-state index is -3.50. The first kappa shape index (κ1) is 20.7. The highest BCUT2D eigenvalue weighted by Crippen LogP contribution is 2.19. The lowest BCUT2D eigenvalue weighted by Crippen LogP contribution is -2.41. The maximum atomic E-state index is 12.2. The van der Waals surface area contributed by atoms with Gasteiger partial charge in [0.1, 0.15) is 5.75 Å². The second-order valence-electron chi connectivity index (χ2n) is 5.88. The van der Waals surface area contributed by atoms with Gasteiger partial charge in [-0.15, -0.1) is 0 Å². The monoisotopic (exact) mass is 390 g/mol. The standard InChI is InChI=1S/C19H26N4O3S/c1-15-9-10-16(18(13-15)26-3)14-22-19(20-2)21-11-12-23-27(24,25)17-7-5-4-6-8-17/h4-10,13,23H,11-12,14H2,1-3H3,(H2,20,21,22). The fraction of sp³-hybridized carbons (Fsp3) is 0.316. The van der Waals surface area contributed by atoms with Crippen LogP contribution in [0, 0.1) is 6.92 Å². The van der Waals surface area contributed by atoms with Gasteiger partial charge in [-0.1, -0.05) is 30.3 Å². The molecule has 0 aliphatic carbocycles. The van der Waals surface area contributed by atoms with Gasteiger partial charge in [0.25, 0.3) is 0 Å². The van der Waals surface area contributed by atoms with E-state index in [1.54, 1.807) is 44.5 Å². The Morgan fingerprint density at radius 1 is 1.07 bits per heavy atom. The van der Waals surface area contributed by atoms with Crippen molar-refractivity contribution < 1.29 is 13.2 Å². The average Bonchev–Trinajstić information content (AvgIpc) is 2.68. The number of hydrogen-bond donors (Lipinski definition) is 3. The van der Waals surface area contributed by atoms with E-state index in [4.69, 9.17) is 4.74 Å². The van der Waals surface area contributed by atoms with Gasteiger partial charge in [0.2, 0.25) is 10.0 Å². The molecule has 7 nitrogen and oxygen atoms in total. The van der Waals surface area contributed by atoms with Gasteiger partial charge in [0, 0.05) is 32.2 Å². The molecule has 0 aliphatic heterocycles. The molecule has 3 N–H and O–H groups in total. The lowest BCUT2D eigenvalue weighted by Gasteiger charge is -2.14. The minimum Gasteiger partial charge on any atom is -0.496 e. The lowest BCUT2D eigenvalue weighted by molar-refractivity contribution is 0.408. The highest BCUT2D eigenvalue weighted by molar-refractivity contribution is 7.89. The Kier molecular flexibility index (Phi) is 7.63. The molecule has 2 rings (SSSR count). The van der Waals surface area contributed by atoms with Crippen molar-refractivity contribution in [1.82, 2.24) is 15.4 Å². The average molecular weight is 391 g/mol. The number of sulfonamides is 1. The summed E-state index contributed by atoms with van der Waals surface area (Å²) < 4.78 is 32.3. The van der Waals surface area contributed by atoms with E-state index in [2.05, 4.69) is 20.3 Å². The molecule has 0 spiro atoms. The van der Waals surface area contributed by atoms with E-state index in [1.165, 1.54) is 0 Å². The minimum absolute atomic E-state index is 0.242. The molecule has 146 valence electrons. The lowest BCUT2D eigenvalue weighted by atomic mass is 10.1. The largest absolute Gasteiger partial charge is 0.496 e. The van der Waals surface area contributed by atoms with Crippen molar-refractivity contribution in [3.63, 3.8) is 0 Å². The Hall–Kier alpha value is -2.58. The predicted octanol–water partition coefficient (Wildman–Crippen LogP) is 1.65. The summed E-state index contributed by atoms with van der Waals surface area (Å²) in [6, 6.07) is 14.3. The first-order valence-corrected chi connectivity index (χ1v) is 10.1. The normalized spacial score (nSPS) is 11.9. The van der Waals surface area contributed by atoms with E-state index in [-0.39, 0.29) is 11.4 Å². The van der Waals surface area contributed by atoms with Crippen LogP contribution in [-0.4, -0.2) is 41.6 Å². The van der Waals surface area contributed by atoms with Crippen LogP contribution in [0.4, 0.5) is 0 Å². The van der Waals surface area contributed by atoms with Crippen LogP contribution in [0.25, 0.3) is 0 Å². The Labute approximate surface area is 160 Å². The van der Waals surface area contributed by atoms with Gasteiger partial charge >= 0.3 is 0 Å². The SMILES string of the molecule is CN=C(NCCNS(=O)(=O)c1ccccc1)NCc1ccc(C)cc1OC. The van der Waals surface area contributed by atoms with Crippen LogP contribution < -0.4 is 20.1 Å². The molecule has 0 aromatic heterocycles. The molecule has 0 heterocycles. The molecule has 0 unspecified atom stereocenters. The zero-order valence-corrected chi connectivity index (χ0v) is 16.6. The molecule has 27 heavy (non-hydrogen) atoms. The van der Waals surface area contributed by atoms with E-state index >= 15 is 0 Å². The van der Waals surface area contributed by atoms with Crippen molar-refractivity contribution in [3.05, 3.63) is 59.7 Å². The first-order chi connectivity index (χ1) is 13.0. The van der Waals surface area contributed by atoms with Gasteiger partial charge in [-0.3, -0.25) is 4.99 Å². The fourth-order valence-electron chi connectivity index (χ4n) is 2.45. The Balaban J connectivity index is 1.81. The molecular weight excluding hydrogens is 364 g/mol. The number of methoxy groups -OCH3 is 1. The van der Waals surface area contributed by atoms with Gasteiger partial charge in [-0.25, -0.2) is 13.1 Å². The number of guanidine groups is 1. The van der Waals surface area contributed by atoms with Gasteiger partial charge < -0.3 is 15.4 Å². The van der Waals surface area contributed by atoms with Crippen molar-refractivity contribution in [2.75, 3.05) is 27.2 Å². The Bertz CT molecular complexity index is 868. The molecule has 0 atom stereocenters. The smallest absolute Gasteiger partial charge is 0.240 e. The second-order valence-corrected chi connectivity index (χ2v) is 7.65. The van der Waals surface area contributed by atoms with Gasteiger partial charge in [0.05, 0.1) is 12.0 Å². The number of rotatable bonds is 8. The summed E-state index contributed by atoms with van der Waals surface area (Å²) in [5.74, 6) is 1.39. The quantitative estimate of drug-likeness (QED) is 0.362. The molecule has 0 aliphatic rings. The van der Waals surface area contributed by atoms with Crippen LogP contribution in [0.1, 0.15) is 11.1 Å². The zero-order chi connectivity index (χ0) is 19.7. The maximum Gasteiger partial charge on any atom is 0.240 e. The summed E-state index contributed by atoms with van der Waals surface area (Å²) in [6.45, 7) is 3.19. The van der Waals surface area contributed by atoms with Crippen molar-refractivity contribution in [2.45, 2.75) is 18.4 Å². The molecule has 2 aromatic rings. The third-order valence-electron chi connectivity index (χ3n) is 3.88. The zero-order valence-electron chi connectivity index (χ0n) is 15.8. The van der Waals surface area contributed by atoms with Crippen LogP contribution in [0.15, 0.2) is 58.4 Å². The summed E-state index contributed by atoms with van der Waals surface area (Å²) >= 11 is 0. The molecule has 2 aromatic carbocycles. The Morgan fingerprint density at radius 3 is 2.48 bits per heavy atom. The predicted molar refractivity (Wildman–Crippen MR) is 108 cm³/mol. The number of nitrogens with one attached hydrogen (secondary N) is 3. The molecule has 0 amide bonds. The van der Waals surface area contributed by atoms with Crippen LogP contribution in [0.2, 0.25) is 0 Å². The summed E-state index contributed by atoms with van der Waals surface area (Å²) in [4.78, 5) is 4.39. The van der Waals surface area contributed by atoms with E-state index in [0.29, 0.717) is 19.0 Å². The van der Waals surface area contributed by atoms with Crippen LogP contribution in [0.5, 0.6) is 5.75 Å². The number of ether oxygens (including phenoxy) is 1. The summed E-state index contributed by atoms with van der Waals surface area (Å²) in [7, 11) is -0.195. The van der Waals surface area contributed by atoms with Crippen LogP contribution >= 0.6 is 0 Å². The fourth-order valence-corrected chi connectivity index (χ4v) is 3.50. The number of aryl methyl sites for hydroxylation is 1. The van der Waals surface area contributed by atoms with E-state index in [9.17, 15) is 8.42 Å². The molecule has 0 fully saturated rings. The van der Waals surface area contributed by atoms with Crippen LogP contribution in [0.3, 0.4) is 0 Å². The van der Waals surface area contributed by atoms with Crippen molar-refractivity contribution in [3.8, 4) is 5.75 Å². The number of nitrogens with zero attached hydrogens (tertiary/aromatic N) is 1. The third-order valence-corrected chi connectivity index (χ3v) is 5.35. The maximum absolute atomic E-state index is 12.2. The topological polar surface area (TPSA) is 91.8 Å². The molecule has 8 heteroatoms. The summed E-state index contributed by atoms with van der Waals surface area (Å²) in [5, 5.41) is 6.27. The molecular formula is C19H26N4O3S. The van der Waals surface area contributed by atoms with Crippen LogP contribution in [-0.2, 0) is 16.6 Å². The van der Waals surface area contributed by atoms with E-state index in [0.717, 1.165) is 16.9 Å². The first-order valence-electron chi connectivity index (χ1n) is 8.59. The Morgan fingerprint density at radius 2 is 1.81 bits per heavy atom. The summed E-state index contributed by atoms with van der Waals surface area (Å²) in [6.07, 6.45) is 0. The van der Waals surface area contributed by atoms with Gasteiger partial charge in [-0.2, -0.15) is 0 Å². The van der Waals surface area contributed by atoms with Gasteiger partial charge in [0.15, 0.2) is 5.96 Å².